The normalized spacial score (nSPS) is 14.5. The average molecular weight is 479 g/mol. The van der Waals surface area contributed by atoms with Crippen LogP contribution >= 0.6 is 0 Å². The minimum absolute atomic E-state index is 0.00322. The van der Waals surface area contributed by atoms with E-state index in [1.807, 2.05) is 36.4 Å². The van der Waals surface area contributed by atoms with Crippen molar-refractivity contribution in [3.63, 3.8) is 0 Å². The number of amides is 1. The molecular weight excluding hydrogens is 448 g/mol. The van der Waals surface area contributed by atoms with Gasteiger partial charge in [-0.2, -0.15) is 0 Å². The third-order valence-electron chi connectivity index (χ3n) is 5.97. The van der Waals surface area contributed by atoms with Gasteiger partial charge in [-0.1, -0.05) is 61.7 Å². The van der Waals surface area contributed by atoms with Gasteiger partial charge in [0, 0.05) is 18.2 Å². The summed E-state index contributed by atoms with van der Waals surface area (Å²) in [6, 6.07) is 23.3. The minimum atomic E-state index is -3.58. The van der Waals surface area contributed by atoms with Gasteiger partial charge in [0.1, 0.15) is 5.75 Å². The molecule has 1 saturated carbocycles. The summed E-state index contributed by atoms with van der Waals surface area (Å²) < 4.78 is 34.1. The van der Waals surface area contributed by atoms with Gasteiger partial charge in [0.15, 0.2) is 0 Å². The van der Waals surface area contributed by atoms with Crippen LogP contribution in [0.4, 0.5) is 5.69 Å². The Labute approximate surface area is 201 Å². The lowest BCUT2D eigenvalue weighted by atomic mass is 9.96. The summed E-state index contributed by atoms with van der Waals surface area (Å²) in [5.74, 6) is 0.193. The van der Waals surface area contributed by atoms with Crippen LogP contribution in [0.1, 0.15) is 48.0 Å². The first-order valence-electron chi connectivity index (χ1n) is 11.7. The van der Waals surface area contributed by atoms with E-state index in [1.54, 1.807) is 30.3 Å². The van der Waals surface area contributed by atoms with Crippen LogP contribution in [0.3, 0.4) is 0 Å². The van der Waals surface area contributed by atoms with E-state index in [1.165, 1.54) is 12.1 Å². The second-order valence-electron chi connectivity index (χ2n) is 8.51. The first-order chi connectivity index (χ1) is 16.5. The molecule has 0 atom stereocenters. The second-order valence-corrected chi connectivity index (χ2v) is 10.2. The van der Waals surface area contributed by atoms with Gasteiger partial charge in [-0.25, -0.2) is 13.1 Å². The molecule has 1 fully saturated rings. The van der Waals surface area contributed by atoms with Crippen LogP contribution < -0.4 is 14.8 Å². The molecule has 0 spiro atoms. The second kappa shape index (κ2) is 11.3. The van der Waals surface area contributed by atoms with Crippen LogP contribution in [0.15, 0.2) is 83.8 Å². The van der Waals surface area contributed by atoms with E-state index in [-0.39, 0.29) is 16.8 Å². The predicted molar refractivity (Wildman–Crippen MR) is 134 cm³/mol. The van der Waals surface area contributed by atoms with Crippen LogP contribution in [0, 0.1) is 0 Å². The van der Waals surface area contributed by atoms with Crippen molar-refractivity contribution < 1.29 is 17.9 Å². The van der Waals surface area contributed by atoms with Crippen molar-refractivity contribution >= 4 is 21.6 Å². The van der Waals surface area contributed by atoms with E-state index in [0.29, 0.717) is 23.6 Å². The molecule has 0 aromatic heterocycles. The van der Waals surface area contributed by atoms with Crippen molar-refractivity contribution in [3.05, 3.63) is 90.0 Å². The Morgan fingerprint density at radius 3 is 2.26 bits per heavy atom. The molecule has 1 aliphatic carbocycles. The molecule has 3 aromatic rings. The van der Waals surface area contributed by atoms with Gasteiger partial charge in [-0.15, -0.1) is 0 Å². The quantitative estimate of drug-likeness (QED) is 0.444. The van der Waals surface area contributed by atoms with E-state index in [2.05, 4.69) is 10.0 Å². The van der Waals surface area contributed by atoms with E-state index < -0.39 is 10.0 Å². The lowest BCUT2D eigenvalue weighted by molar-refractivity contribution is 0.102. The number of anilines is 1. The highest BCUT2D eigenvalue weighted by Crippen LogP contribution is 2.23. The maximum absolute atomic E-state index is 12.9. The van der Waals surface area contributed by atoms with Crippen LogP contribution in [0.2, 0.25) is 0 Å². The number of ether oxygens (including phenoxy) is 1. The molecule has 1 aliphatic rings. The molecule has 7 heteroatoms. The maximum Gasteiger partial charge on any atom is 0.259 e. The number of hydrogen-bond donors (Lipinski definition) is 2. The Morgan fingerprint density at radius 1 is 0.853 bits per heavy atom. The zero-order chi connectivity index (χ0) is 23.8. The Hall–Kier alpha value is -3.16. The Bertz CT molecular complexity index is 1190. The average Bonchev–Trinajstić information content (AvgIpc) is 2.86. The SMILES string of the molecule is O=C(Nc1ccc(S(=O)(=O)NC2CCCCC2)cc1)c1ccccc1OCCc1ccccc1. The number of rotatable bonds is 9. The Balaban J connectivity index is 1.37. The number of hydrogen-bond acceptors (Lipinski definition) is 4. The summed E-state index contributed by atoms with van der Waals surface area (Å²) >= 11 is 0. The third kappa shape index (κ3) is 6.46. The van der Waals surface area contributed by atoms with Crippen LogP contribution in [0.5, 0.6) is 5.75 Å². The number of benzene rings is 3. The van der Waals surface area contributed by atoms with Crippen molar-refractivity contribution in [2.75, 3.05) is 11.9 Å². The van der Waals surface area contributed by atoms with Gasteiger partial charge < -0.3 is 10.1 Å². The fourth-order valence-corrected chi connectivity index (χ4v) is 5.43. The van der Waals surface area contributed by atoms with E-state index in [9.17, 15) is 13.2 Å². The predicted octanol–water partition coefficient (Wildman–Crippen LogP) is 5.17. The molecule has 0 heterocycles. The third-order valence-corrected chi connectivity index (χ3v) is 7.51. The number of para-hydroxylation sites is 1. The molecule has 2 N–H and O–H groups in total. The molecule has 4 rings (SSSR count). The van der Waals surface area contributed by atoms with Gasteiger partial charge >= 0.3 is 0 Å². The van der Waals surface area contributed by atoms with Crippen LogP contribution in [-0.4, -0.2) is 27.0 Å². The van der Waals surface area contributed by atoms with Crippen molar-refractivity contribution in [3.8, 4) is 5.75 Å². The molecule has 0 saturated heterocycles. The van der Waals surface area contributed by atoms with E-state index in [0.717, 1.165) is 44.1 Å². The molecule has 0 bridgehead atoms. The zero-order valence-corrected chi connectivity index (χ0v) is 19.9. The van der Waals surface area contributed by atoms with Crippen LogP contribution in [0.25, 0.3) is 0 Å². The molecule has 1 amide bonds. The molecule has 178 valence electrons. The van der Waals surface area contributed by atoms with Gasteiger partial charge in [-0.3, -0.25) is 4.79 Å². The van der Waals surface area contributed by atoms with Crippen molar-refractivity contribution in [2.24, 2.45) is 0 Å². The number of sulfonamides is 1. The first-order valence-corrected chi connectivity index (χ1v) is 13.2. The highest BCUT2D eigenvalue weighted by Gasteiger charge is 2.22. The standard InChI is InChI=1S/C27H30N2O4S/c30-27(25-13-7-8-14-26(25)33-20-19-21-9-3-1-4-10-21)28-22-15-17-24(18-16-22)34(31,32)29-23-11-5-2-6-12-23/h1,3-4,7-10,13-18,23,29H,2,5-6,11-12,19-20H2,(H,28,30). The lowest BCUT2D eigenvalue weighted by Gasteiger charge is -2.22. The maximum atomic E-state index is 12.9. The van der Waals surface area contributed by atoms with Gasteiger partial charge in [0.2, 0.25) is 10.0 Å². The number of carbonyl (C=O) groups excluding carboxylic acids is 1. The summed E-state index contributed by atoms with van der Waals surface area (Å²) in [4.78, 5) is 13.1. The fraction of sp³-hybridized carbons (Fsp3) is 0.296. The highest BCUT2D eigenvalue weighted by atomic mass is 32.2. The molecule has 6 nitrogen and oxygen atoms in total. The lowest BCUT2D eigenvalue weighted by Crippen LogP contribution is -2.36. The van der Waals surface area contributed by atoms with Gasteiger partial charge in [0.05, 0.1) is 17.1 Å². The molecular formula is C27H30N2O4S. The van der Waals surface area contributed by atoms with Crippen LogP contribution in [-0.2, 0) is 16.4 Å². The molecule has 3 aromatic carbocycles. The minimum Gasteiger partial charge on any atom is -0.492 e. The first kappa shape index (κ1) is 24.0. The van der Waals surface area contributed by atoms with E-state index in [4.69, 9.17) is 4.74 Å². The monoisotopic (exact) mass is 478 g/mol. The highest BCUT2D eigenvalue weighted by molar-refractivity contribution is 7.89. The Morgan fingerprint density at radius 2 is 1.53 bits per heavy atom. The largest absolute Gasteiger partial charge is 0.492 e. The molecule has 0 radical (unpaired) electrons. The number of carbonyl (C=O) groups is 1. The smallest absolute Gasteiger partial charge is 0.259 e. The number of nitrogens with one attached hydrogen (secondary N) is 2. The molecule has 0 aliphatic heterocycles. The van der Waals surface area contributed by atoms with Gasteiger partial charge in [-0.05, 0) is 54.8 Å². The Kier molecular flexibility index (Phi) is 7.98. The van der Waals surface area contributed by atoms with Crippen molar-refractivity contribution in [2.45, 2.75) is 49.5 Å². The van der Waals surface area contributed by atoms with Crippen molar-refractivity contribution in [1.29, 1.82) is 0 Å². The van der Waals surface area contributed by atoms with Crippen molar-refractivity contribution in [1.82, 2.24) is 4.72 Å². The summed E-state index contributed by atoms with van der Waals surface area (Å²) in [6.45, 7) is 0.453. The summed E-state index contributed by atoms with van der Waals surface area (Å²) in [5.41, 5.74) is 2.10. The van der Waals surface area contributed by atoms with E-state index >= 15 is 0 Å². The fourth-order valence-electron chi connectivity index (χ4n) is 4.13. The summed E-state index contributed by atoms with van der Waals surface area (Å²) in [5, 5.41) is 2.83. The summed E-state index contributed by atoms with van der Waals surface area (Å²) in [7, 11) is -3.58. The molecule has 34 heavy (non-hydrogen) atoms. The summed E-state index contributed by atoms with van der Waals surface area (Å²) in [6.07, 6.45) is 5.75. The molecule has 0 unspecified atom stereocenters. The topological polar surface area (TPSA) is 84.5 Å². The van der Waals surface area contributed by atoms with Gasteiger partial charge in [0.25, 0.3) is 5.91 Å². The zero-order valence-electron chi connectivity index (χ0n) is 19.1.